The molecule has 0 bridgehead atoms. The van der Waals surface area contributed by atoms with Gasteiger partial charge in [0.25, 0.3) is 0 Å². The summed E-state index contributed by atoms with van der Waals surface area (Å²) in [6.07, 6.45) is 5.63. The summed E-state index contributed by atoms with van der Waals surface area (Å²) in [7, 11) is 0. The van der Waals surface area contributed by atoms with Gasteiger partial charge in [-0.2, -0.15) is 0 Å². The molecular formula is C17H24N4. The molecule has 112 valence electrons. The molecule has 0 saturated heterocycles. The van der Waals surface area contributed by atoms with E-state index in [1.807, 2.05) is 6.34 Å². The summed E-state index contributed by atoms with van der Waals surface area (Å²) in [5, 5.41) is 3.41. The summed E-state index contributed by atoms with van der Waals surface area (Å²) in [5.74, 6) is 0.736. The van der Waals surface area contributed by atoms with Crippen LogP contribution in [0, 0.1) is 0 Å². The molecule has 1 heterocycles. The Hall–Kier alpha value is -1.84. The SMILES string of the molecule is CC(C)N1C=NC(N[C@@H](C)c2ccc3c(c2)CCC3)=NC1. The third kappa shape index (κ3) is 3.09. The van der Waals surface area contributed by atoms with Crippen LogP contribution in [0.4, 0.5) is 0 Å². The fourth-order valence-electron chi connectivity index (χ4n) is 2.87. The minimum Gasteiger partial charge on any atom is -0.348 e. The summed E-state index contributed by atoms with van der Waals surface area (Å²) in [6, 6.07) is 7.52. The molecule has 2 aliphatic rings. The summed E-state index contributed by atoms with van der Waals surface area (Å²) in [4.78, 5) is 11.0. The van der Waals surface area contributed by atoms with E-state index in [2.05, 4.69) is 59.2 Å². The molecule has 3 rings (SSSR count). The Morgan fingerprint density at radius 3 is 2.67 bits per heavy atom. The maximum Gasteiger partial charge on any atom is 0.221 e. The molecule has 1 N–H and O–H groups in total. The molecule has 0 spiro atoms. The molecule has 0 fully saturated rings. The lowest BCUT2D eigenvalue weighted by molar-refractivity contribution is 0.366. The number of nitrogens with zero attached hydrogens (tertiary/aromatic N) is 3. The van der Waals surface area contributed by atoms with Gasteiger partial charge >= 0.3 is 0 Å². The van der Waals surface area contributed by atoms with Crippen molar-refractivity contribution >= 4 is 12.3 Å². The van der Waals surface area contributed by atoms with Gasteiger partial charge < -0.3 is 10.2 Å². The lowest BCUT2D eigenvalue weighted by Crippen LogP contribution is -2.36. The zero-order valence-electron chi connectivity index (χ0n) is 13.1. The molecule has 1 aliphatic heterocycles. The molecule has 0 aromatic heterocycles. The number of benzene rings is 1. The zero-order chi connectivity index (χ0) is 14.8. The van der Waals surface area contributed by atoms with Crippen LogP contribution >= 0.6 is 0 Å². The van der Waals surface area contributed by atoms with E-state index in [0.717, 1.165) is 5.96 Å². The van der Waals surface area contributed by atoms with Gasteiger partial charge in [0.15, 0.2) is 0 Å². The van der Waals surface area contributed by atoms with E-state index in [1.165, 1.54) is 36.0 Å². The van der Waals surface area contributed by atoms with Gasteiger partial charge in [0.05, 0.1) is 12.4 Å². The van der Waals surface area contributed by atoms with Crippen molar-refractivity contribution in [2.45, 2.75) is 52.1 Å². The van der Waals surface area contributed by atoms with E-state index >= 15 is 0 Å². The van der Waals surface area contributed by atoms with Gasteiger partial charge in [0.1, 0.15) is 6.67 Å². The Labute approximate surface area is 127 Å². The van der Waals surface area contributed by atoms with Gasteiger partial charge in [-0.25, -0.2) is 9.98 Å². The molecule has 4 heteroatoms. The average Bonchev–Trinajstić information content (AvgIpc) is 2.95. The van der Waals surface area contributed by atoms with E-state index in [0.29, 0.717) is 12.7 Å². The molecule has 0 unspecified atom stereocenters. The van der Waals surface area contributed by atoms with Crippen molar-refractivity contribution in [3.8, 4) is 0 Å². The number of aryl methyl sites for hydroxylation is 2. The Morgan fingerprint density at radius 2 is 1.95 bits per heavy atom. The number of fused-ring (bicyclic) bond motifs is 1. The van der Waals surface area contributed by atoms with Crippen LogP contribution in [-0.2, 0) is 12.8 Å². The minimum atomic E-state index is 0.234. The maximum absolute atomic E-state index is 4.50. The molecular weight excluding hydrogens is 260 g/mol. The number of hydrogen-bond acceptors (Lipinski definition) is 4. The van der Waals surface area contributed by atoms with E-state index in [4.69, 9.17) is 0 Å². The first kappa shape index (κ1) is 14.1. The standard InChI is InChI=1S/C17H24N4/c1-12(2)21-10-18-17(19-11-21)20-13(3)15-8-7-14-5-4-6-16(14)9-15/h7-10,12-13H,4-6,11H2,1-3H3,(H,19,20)/t13-/m0/s1. The van der Waals surface area contributed by atoms with E-state index in [9.17, 15) is 0 Å². The number of rotatable bonds is 3. The van der Waals surface area contributed by atoms with Gasteiger partial charge in [-0.05, 0) is 56.7 Å². The third-order valence-corrected chi connectivity index (χ3v) is 4.34. The van der Waals surface area contributed by atoms with Gasteiger partial charge in [0, 0.05) is 6.04 Å². The van der Waals surface area contributed by atoms with Gasteiger partial charge in [-0.3, -0.25) is 0 Å². The van der Waals surface area contributed by atoms with Crippen LogP contribution in [0.15, 0.2) is 28.2 Å². The lowest BCUT2D eigenvalue weighted by Gasteiger charge is -2.26. The molecule has 1 aliphatic carbocycles. The Bertz CT molecular complexity index is 574. The zero-order valence-corrected chi connectivity index (χ0v) is 13.1. The van der Waals surface area contributed by atoms with Crippen molar-refractivity contribution < 1.29 is 0 Å². The highest BCUT2D eigenvalue weighted by Crippen LogP contribution is 2.25. The molecule has 1 aromatic carbocycles. The highest BCUT2D eigenvalue weighted by Gasteiger charge is 2.15. The second-order valence-electron chi connectivity index (χ2n) is 6.22. The summed E-state index contributed by atoms with van der Waals surface area (Å²) < 4.78 is 0. The fourth-order valence-corrected chi connectivity index (χ4v) is 2.87. The number of aliphatic imine (C=N–C) groups is 2. The molecule has 0 radical (unpaired) electrons. The fraction of sp³-hybridized carbons (Fsp3) is 0.529. The van der Waals surface area contributed by atoms with Crippen LogP contribution < -0.4 is 5.32 Å². The van der Waals surface area contributed by atoms with Crippen molar-refractivity contribution in [1.29, 1.82) is 0 Å². The molecule has 0 amide bonds. The van der Waals surface area contributed by atoms with E-state index < -0.39 is 0 Å². The van der Waals surface area contributed by atoms with Crippen molar-refractivity contribution in [1.82, 2.24) is 10.2 Å². The Balaban J connectivity index is 1.65. The summed E-state index contributed by atoms with van der Waals surface area (Å²) in [5.41, 5.74) is 4.35. The molecule has 21 heavy (non-hydrogen) atoms. The largest absolute Gasteiger partial charge is 0.348 e. The van der Waals surface area contributed by atoms with Crippen LogP contribution in [0.5, 0.6) is 0 Å². The van der Waals surface area contributed by atoms with Crippen LogP contribution in [0.3, 0.4) is 0 Å². The lowest BCUT2D eigenvalue weighted by atomic mass is 10.0. The second kappa shape index (κ2) is 5.88. The maximum atomic E-state index is 4.50. The molecule has 1 aromatic rings. The quantitative estimate of drug-likeness (QED) is 0.927. The van der Waals surface area contributed by atoms with Crippen LogP contribution in [0.25, 0.3) is 0 Å². The van der Waals surface area contributed by atoms with Gasteiger partial charge in [-0.1, -0.05) is 18.2 Å². The Morgan fingerprint density at radius 1 is 1.14 bits per heavy atom. The monoisotopic (exact) mass is 284 g/mol. The third-order valence-electron chi connectivity index (χ3n) is 4.34. The Kier molecular flexibility index (Phi) is 3.95. The normalized spacial score (nSPS) is 18.7. The van der Waals surface area contributed by atoms with Gasteiger partial charge in [-0.15, -0.1) is 0 Å². The second-order valence-corrected chi connectivity index (χ2v) is 6.22. The topological polar surface area (TPSA) is 40.0 Å². The van der Waals surface area contributed by atoms with E-state index in [-0.39, 0.29) is 6.04 Å². The average molecular weight is 284 g/mol. The highest BCUT2D eigenvalue weighted by molar-refractivity contribution is 5.89. The molecule has 0 saturated carbocycles. The highest BCUT2D eigenvalue weighted by atomic mass is 15.3. The first-order valence-electron chi connectivity index (χ1n) is 7.86. The predicted molar refractivity (Wildman–Crippen MR) is 87.8 cm³/mol. The van der Waals surface area contributed by atoms with Crippen molar-refractivity contribution in [3.05, 3.63) is 34.9 Å². The van der Waals surface area contributed by atoms with Gasteiger partial charge in [0.2, 0.25) is 5.96 Å². The van der Waals surface area contributed by atoms with Crippen molar-refractivity contribution in [2.24, 2.45) is 9.98 Å². The van der Waals surface area contributed by atoms with Crippen molar-refractivity contribution in [2.75, 3.05) is 6.67 Å². The molecule has 4 nitrogen and oxygen atoms in total. The van der Waals surface area contributed by atoms with E-state index in [1.54, 1.807) is 0 Å². The first-order valence-corrected chi connectivity index (χ1v) is 7.86. The number of hydrogen-bond donors (Lipinski definition) is 1. The smallest absolute Gasteiger partial charge is 0.221 e. The summed E-state index contributed by atoms with van der Waals surface area (Å²) >= 11 is 0. The predicted octanol–water partition coefficient (Wildman–Crippen LogP) is 2.89. The number of nitrogens with one attached hydrogen (secondary N) is 1. The first-order chi connectivity index (χ1) is 10.1. The molecule has 1 atom stereocenters. The van der Waals surface area contributed by atoms with Crippen LogP contribution in [0.1, 0.15) is 49.9 Å². The minimum absolute atomic E-state index is 0.234. The van der Waals surface area contributed by atoms with Crippen LogP contribution in [0.2, 0.25) is 0 Å². The van der Waals surface area contributed by atoms with Crippen LogP contribution in [-0.4, -0.2) is 29.9 Å². The number of guanidine groups is 1. The van der Waals surface area contributed by atoms with Crippen molar-refractivity contribution in [3.63, 3.8) is 0 Å². The summed E-state index contributed by atoms with van der Waals surface area (Å²) in [6.45, 7) is 7.14.